The van der Waals surface area contributed by atoms with Crippen molar-refractivity contribution in [1.82, 2.24) is 19.9 Å². The predicted molar refractivity (Wildman–Crippen MR) is 130 cm³/mol. The Morgan fingerprint density at radius 3 is 2.62 bits per heavy atom. The molecule has 3 heterocycles. The van der Waals surface area contributed by atoms with Crippen LogP contribution in [0.25, 0.3) is 11.1 Å². The molecule has 0 atom stereocenters. The van der Waals surface area contributed by atoms with Crippen molar-refractivity contribution in [3.63, 3.8) is 0 Å². The molecular weight excluding hydrogens is 478 g/mol. The molecule has 0 unspecified atom stereocenters. The van der Waals surface area contributed by atoms with Crippen LogP contribution in [-0.2, 0) is 0 Å². The lowest BCUT2D eigenvalue weighted by Gasteiger charge is -2.15. The summed E-state index contributed by atoms with van der Waals surface area (Å²) in [4.78, 5) is 17.9. The Morgan fingerprint density at radius 2 is 1.82 bits per heavy atom. The van der Waals surface area contributed by atoms with Gasteiger partial charge in [-0.05, 0) is 73.2 Å². The Balaban J connectivity index is 1.39. The third kappa shape index (κ3) is 4.95. The van der Waals surface area contributed by atoms with Crippen LogP contribution in [0.3, 0.4) is 0 Å². The Morgan fingerprint density at radius 1 is 1.00 bits per heavy atom. The van der Waals surface area contributed by atoms with Gasteiger partial charge in [0.15, 0.2) is 5.15 Å². The largest absolute Gasteiger partial charge is 0.325 e. The van der Waals surface area contributed by atoms with E-state index in [1.54, 1.807) is 18.6 Å². The van der Waals surface area contributed by atoms with Crippen molar-refractivity contribution in [3.8, 4) is 11.1 Å². The number of pyridine rings is 2. The second-order valence-corrected chi connectivity index (χ2v) is 9.08. The van der Waals surface area contributed by atoms with Crippen molar-refractivity contribution in [1.29, 1.82) is 0 Å². The summed E-state index contributed by atoms with van der Waals surface area (Å²) in [5.41, 5.74) is 3.07. The van der Waals surface area contributed by atoms with Crippen LogP contribution in [-0.4, -0.2) is 19.9 Å². The van der Waals surface area contributed by atoms with Gasteiger partial charge in [-0.2, -0.15) is 0 Å². The van der Waals surface area contributed by atoms with Gasteiger partial charge in [0.05, 0.1) is 10.6 Å². The minimum atomic E-state index is -0.658. The van der Waals surface area contributed by atoms with Crippen LogP contribution in [0.4, 0.5) is 26.1 Å². The minimum absolute atomic E-state index is 0.244. The topological polar surface area (TPSA) is 75.6 Å². The second-order valence-electron chi connectivity index (χ2n) is 7.87. The molecule has 1 saturated carbocycles. The number of nitrogens with zero attached hydrogens (tertiary/aromatic N) is 4. The van der Waals surface area contributed by atoms with Crippen molar-refractivity contribution in [2.24, 2.45) is 0 Å². The molecule has 6 nitrogen and oxygen atoms in total. The molecule has 0 spiro atoms. The highest BCUT2D eigenvalue weighted by Crippen LogP contribution is 2.38. The van der Waals surface area contributed by atoms with E-state index < -0.39 is 11.6 Å². The van der Waals surface area contributed by atoms with Crippen molar-refractivity contribution in [3.05, 3.63) is 83.2 Å². The van der Waals surface area contributed by atoms with E-state index in [0.717, 1.165) is 53.4 Å². The van der Waals surface area contributed by atoms with E-state index in [2.05, 4.69) is 30.0 Å². The lowest BCUT2D eigenvalue weighted by Crippen LogP contribution is -2.01. The highest BCUT2D eigenvalue weighted by molar-refractivity contribution is 8.00. The number of hydrogen-bond donors (Lipinski definition) is 2. The van der Waals surface area contributed by atoms with E-state index in [4.69, 9.17) is 11.6 Å². The highest BCUT2D eigenvalue weighted by Gasteiger charge is 2.26. The van der Waals surface area contributed by atoms with E-state index >= 15 is 0 Å². The average Bonchev–Trinajstić information content (AvgIpc) is 3.66. The Kier molecular flexibility index (Phi) is 6.30. The van der Waals surface area contributed by atoms with E-state index in [-0.39, 0.29) is 10.0 Å². The number of benzene rings is 1. The summed E-state index contributed by atoms with van der Waals surface area (Å²) >= 11 is 7.32. The summed E-state index contributed by atoms with van der Waals surface area (Å²) in [5.74, 6) is 1.33. The monoisotopic (exact) mass is 496 g/mol. The summed E-state index contributed by atoms with van der Waals surface area (Å²) in [7, 11) is 0. The van der Waals surface area contributed by atoms with Gasteiger partial charge >= 0.3 is 0 Å². The molecule has 10 heteroatoms. The lowest BCUT2D eigenvalue weighted by molar-refractivity contribution is 0.566. The third-order valence-corrected chi connectivity index (χ3v) is 6.54. The highest BCUT2D eigenvalue weighted by atomic mass is 35.5. The van der Waals surface area contributed by atoms with Gasteiger partial charge in [0.25, 0.3) is 0 Å². The van der Waals surface area contributed by atoms with E-state index in [1.807, 2.05) is 25.1 Å². The van der Waals surface area contributed by atoms with Crippen LogP contribution in [0, 0.1) is 18.6 Å². The number of halogens is 3. The SMILES string of the molecule is Cc1c(-c2ccnc(Nc3ccnc(C4CC4)n3)c2)cnc(Cl)c1NSc1ccc(F)cc1F. The zero-order valence-corrected chi connectivity index (χ0v) is 19.6. The molecule has 0 saturated heterocycles. The normalized spacial score (nSPS) is 13.1. The first kappa shape index (κ1) is 22.5. The van der Waals surface area contributed by atoms with Crippen molar-refractivity contribution in [2.45, 2.75) is 30.6 Å². The summed E-state index contributed by atoms with van der Waals surface area (Å²) in [5, 5.41) is 3.49. The fourth-order valence-electron chi connectivity index (χ4n) is 3.42. The van der Waals surface area contributed by atoms with Crippen LogP contribution >= 0.6 is 23.5 Å². The molecule has 5 rings (SSSR count). The van der Waals surface area contributed by atoms with E-state index in [9.17, 15) is 8.78 Å². The molecule has 1 aromatic carbocycles. The van der Waals surface area contributed by atoms with Crippen molar-refractivity contribution in [2.75, 3.05) is 10.0 Å². The number of anilines is 3. The Hall–Kier alpha value is -3.30. The smallest absolute Gasteiger partial charge is 0.153 e. The summed E-state index contributed by atoms with van der Waals surface area (Å²) in [6.45, 7) is 1.90. The third-order valence-electron chi connectivity index (χ3n) is 5.39. The van der Waals surface area contributed by atoms with Crippen molar-refractivity contribution >= 4 is 40.9 Å². The Bertz CT molecular complexity index is 1370. The van der Waals surface area contributed by atoms with Crippen LogP contribution in [0.1, 0.15) is 30.1 Å². The molecule has 0 aliphatic heterocycles. The van der Waals surface area contributed by atoms with Crippen molar-refractivity contribution < 1.29 is 8.78 Å². The molecule has 1 aliphatic carbocycles. The van der Waals surface area contributed by atoms with Gasteiger partial charge in [-0.15, -0.1) is 0 Å². The van der Waals surface area contributed by atoms with Gasteiger partial charge in [-0.3, -0.25) is 0 Å². The molecule has 172 valence electrons. The summed E-state index contributed by atoms with van der Waals surface area (Å²) < 4.78 is 30.3. The van der Waals surface area contributed by atoms with Crippen LogP contribution < -0.4 is 10.0 Å². The van der Waals surface area contributed by atoms with Crippen LogP contribution in [0.5, 0.6) is 0 Å². The average molecular weight is 497 g/mol. The van der Waals surface area contributed by atoms with Gasteiger partial charge in [0.1, 0.15) is 29.1 Å². The Labute approximate surface area is 204 Å². The fourth-order valence-corrected chi connectivity index (χ4v) is 4.47. The molecule has 34 heavy (non-hydrogen) atoms. The molecule has 0 radical (unpaired) electrons. The predicted octanol–water partition coefficient (Wildman–Crippen LogP) is 6.91. The number of nitrogens with one attached hydrogen (secondary N) is 2. The first-order valence-electron chi connectivity index (χ1n) is 10.6. The summed E-state index contributed by atoms with van der Waals surface area (Å²) in [6, 6.07) is 8.98. The van der Waals surface area contributed by atoms with Gasteiger partial charge in [-0.1, -0.05) is 11.6 Å². The van der Waals surface area contributed by atoms with Gasteiger partial charge in [0.2, 0.25) is 0 Å². The maximum absolute atomic E-state index is 14.0. The molecule has 1 fully saturated rings. The molecule has 1 aliphatic rings. The summed E-state index contributed by atoms with van der Waals surface area (Å²) in [6.07, 6.45) is 7.39. The quantitative estimate of drug-likeness (QED) is 0.212. The molecule has 0 amide bonds. The fraction of sp³-hybridized carbons (Fsp3) is 0.167. The zero-order chi connectivity index (χ0) is 23.7. The van der Waals surface area contributed by atoms with Crippen LogP contribution in [0.15, 0.2) is 59.9 Å². The number of aromatic nitrogens is 4. The standard InChI is InChI=1S/C24H19ClF2N6S/c1-13-17(12-30-23(25)22(13)33-34-19-5-4-16(26)11-18(19)27)15-6-8-28-21(10-15)31-20-7-9-29-24(32-20)14-2-3-14/h4-12,14,33H,2-3H2,1H3,(H,28,29,31,32). The number of rotatable bonds is 7. The maximum atomic E-state index is 14.0. The molecule has 4 aromatic rings. The zero-order valence-electron chi connectivity index (χ0n) is 18.0. The molecule has 3 aromatic heterocycles. The molecular formula is C24H19ClF2N6S. The van der Waals surface area contributed by atoms with E-state index in [1.165, 1.54) is 12.1 Å². The molecule has 0 bridgehead atoms. The lowest BCUT2D eigenvalue weighted by atomic mass is 10.0. The minimum Gasteiger partial charge on any atom is -0.325 e. The first-order chi connectivity index (χ1) is 16.5. The van der Waals surface area contributed by atoms with E-state index in [0.29, 0.717) is 23.2 Å². The van der Waals surface area contributed by atoms with Gasteiger partial charge in [-0.25, -0.2) is 28.7 Å². The van der Waals surface area contributed by atoms with Gasteiger partial charge < -0.3 is 10.0 Å². The molecule has 2 N–H and O–H groups in total. The first-order valence-corrected chi connectivity index (χ1v) is 11.8. The second kappa shape index (κ2) is 9.52. The van der Waals surface area contributed by atoms with Gasteiger partial charge in [0, 0.05) is 36.1 Å². The maximum Gasteiger partial charge on any atom is 0.153 e. The van der Waals surface area contributed by atoms with Crippen LogP contribution in [0.2, 0.25) is 5.15 Å². The number of hydrogen-bond acceptors (Lipinski definition) is 7.